The number of aryl methyl sites for hydroxylation is 1. The zero-order chi connectivity index (χ0) is 17.4. The maximum Gasteiger partial charge on any atom is 0.262 e. The Kier molecular flexibility index (Phi) is 4.05. The predicted octanol–water partition coefficient (Wildman–Crippen LogP) is 3.66. The molecule has 126 valence electrons. The van der Waals surface area contributed by atoms with E-state index < -0.39 is 0 Å². The van der Waals surface area contributed by atoms with Crippen LogP contribution in [0.1, 0.15) is 18.2 Å². The summed E-state index contributed by atoms with van der Waals surface area (Å²) in [5, 5.41) is 1.40. The summed E-state index contributed by atoms with van der Waals surface area (Å²) in [4.78, 5) is 22.0. The van der Waals surface area contributed by atoms with E-state index in [1.807, 2.05) is 54.0 Å². The minimum Gasteiger partial charge on any atom is -0.307 e. The van der Waals surface area contributed by atoms with Gasteiger partial charge >= 0.3 is 0 Å². The van der Waals surface area contributed by atoms with Crippen molar-refractivity contribution in [2.24, 2.45) is 0 Å². The molecule has 1 aromatic carbocycles. The molecule has 0 aliphatic rings. The molecule has 3 aromatic heterocycles. The maximum absolute atomic E-state index is 12.7. The van der Waals surface area contributed by atoms with E-state index in [0.717, 1.165) is 27.6 Å². The number of hydrogen-bond donors (Lipinski definition) is 0. The van der Waals surface area contributed by atoms with E-state index in [2.05, 4.69) is 18.0 Å². The van der Waals surface area contributed by atoms with Crippen molar-refractivity contribution in [3.05, 3.63) is 70.4 Å². The fraction of sp³-hybridized carbons (Fsp3) is 0.211. The molecule has 4 rings (SSSR count). The van der Waals surface area contributed by atoms with Gasteiger partial charge in [-0.1, -0.05) is 30.0 Å². The number of pyridine rings is 1. The number of fused-ring (bicyclic) bond motifs is 2. The first-order valence-electron chi connectivity index (χ1n) is 8.23. The summed E-state index contributed by atoms with van der Waals surface area (Å²) in [6, 6.07) is 11.6. The minimum absolute atomic E-state index is 0.0152. The largest absolute Gasteiger partial charge is 0.307 e. The van der Waals surface area contributed by atoms with Crippen LogP contribution in [0.4, 0.5) is 0 Å². The highest BCUT2D eigenvalue weighted by Crippen LogP contribution is 2.22. The second kappa shape index (κ2) is 6.37. The summed E-state index contributed by atoms with van der Waals surface area (Å²) in [6.07, 6.45) is 4.03. The monoisotopic (exact) mass is 350 g/mol. The number of benzene rings is 1. The topological polar surface area (TPSA) is 52.2 Å². The highest BCUT2D eigenvalue weighted by molar-refractivity contribution is 7.98. The Hall–Kier alpha value is -2.60. The van der Waals surface area contributed by atoms with Crippen molar-refractivity contribution in [3.63, 3.8) is 0 Å². The van der Waals surface area contributed by atoms with Crippen LogP contribution in [0.15, 0.2) is 58.7 Å². The average Bonchev–Trinajstić information content (AvgIpc) is 3.05. The lowest BCUT2D eigenvalue weighted by atomic mass is 10.2. The molecular weight excluding hydrogens is 332 g/mol. The standard InChI is InChI=1S/C19H18N4OS/c1-3-23-18(24)15-8-4-5-9-16(15)21-19(23)25-12-14-11-22-10-6-7-13(2)17(22)20-14/h4-11H,3,12H2,1-2H3. The third-order valence-electron chi connectivity index (χ3n) is 4.22. The zero-order valence-corrected chi connectivity index (χ0v) is 15.0. The van der Waals surface area contributed by atoms with Crippen molar-refractivity contribution in [1.29, 1.82) is 0 Å². The summed E-state index contributed by atoms with van der Waals surface area (Å²) in [6.45, 7) is 4.62. The number of aromatic nitrogens is 4. The molecule has 0 saturated heterocycles. The summed E-state index contributed by atoms with van der Waals surface area (Å²) in [5.41, 5.74) is 3.85. The van der Waals surface area contributed by atoms with Crippen LogP contribution in [0.5, 0.6) is 0 Å². The van der Waals surface area contributed by atoms with Crippen LogP contribution in [-0.4, -0.2) is 18.9 Å². The average molecular weight is 350 g/mol. The SMILES string of the molecule is CCn1c(SCc2cn3cccc(C)c3n2)nc2ccccc2c1=O. The lowest BCUT2D eigenvalue weighted by molar-refractivity contribution is 0.634. The maximum atomic E-state index is 12.7. The third-order valence-corrected chi connectivity index (χ3v) is 5.23. The Morgan fingerprint density at radius 2 is 1.96 bits per heavy atom. The van der Waals surface area contributed by atoms with Gasteiger partial charge in [0.15, 0.2) is 5.16 Å². The normalized spacial score (nSPS) is 11.4. The van der Waals surface area contributed by atoms with Crippen LogP contribution in [0.3, 0.4) is 0 Å². The second-order valence-electron chi connectivity index (χ2n) is 5.90. The van der Waals surface area contributed by atoms with Crippen molar-refractivity contribution in [3.8, 4) is 0 Å². The van der Waals surface area contributed by atoms with E-state index in [1.54, 1.807) is 16.3 Å². The molecule has 0 saturated carbocycles. The quantitative estimate of drug-likeness (QED) is 0.416. The molecule has 0 bridgehead atoms. The second-order valence-corrected chi connectivity index (χ2v) is 6.85. The predicted molar refractivity (Wildman–Crippen MR) is 101 cm³/mol. The van der Waals surface area contributed by atoms with Crippen LogP contribution in [0, 0.1) is 6.92 Å². The first-order valence-corrected chi connectivity index (χ1v) is 9.21. The van der Waals surface area contributed by atoms with Gasteiger partial charge in [-0.3, -0.25) is 9.36 Å². The smallest absolute Gasteiger partial charge is 0.262 e. The van der Waals surface area contributed by atoms with E-state index in [4.69, 9.17) is 4.98 Å². The first-order chi connectivity index (χ1) is 12.2. The summed E-state index contributed by atoms with van der Waals surface area (Å²) >= 11 is 1.55. The number of thioether (sulfide) groups is 1. The molecule has 5 nitrogen and oxygen atoms in total. The van der Waals surface area contributed by atoms with Gasteiger partial charge in [0.1, 0.15) is 5.65 Å². The highest BCUT2D eigenvalue weighted by Gasteiger charge is 2.11. The molecule has 4 aromatic rings. The first kappa shape index (κ1) is 15.9. The van der Waals surface area contributed by atoms with Crippen LogP contribution >= 0.6 is 11.8 Å². The molecule has 0 aliphatic carbocycles. The molecule has 6 heteroatoms. The molecule has 25 heavy (non-hydrogen) atoms. The van der Waals surface area contributed by atoms with Gasteiger partial charge in [0, 0.05) is 24.7 Å². The third kappa shape index (κ3) is 2.82. The molecule has 0 aliphatic heterocycles. The fourth-order valence-electron chi connectivity index (χ4n) is 2.95. The molecule has 0 N–H and O–H groups in total. The Morgan fingerprint density at radius 3 is 2.76 bits per heavy atom. The van der Waals surface area contributed by atoms with E-state index in [1.165, 1.54) is 0 Å². The Morgan fingerprint density at radius 1 is 1.12 bits per heavy atom. The van der Waals surface area contributed by atoms with Gasteiger partial charge in [-0.2, -0.15) is 0 Å². The van der Waals surface area contributed by atoms with Gasteiger partial charge in [0.2, 0.25) is 0 Å². The van der Waals surface area contributed by atoms with Crippen LogP contribution < -0.4 is 5.56 Å². The van der Waals surface area contributed by atoms with E-state index in [9.17, 15) is 4.79 Å². The molecule has 0 spiro atoms. The van der Waals surface area contributed by atoms with Crippen molar-refractivity contribution in [1.82, 2.24) is 18.9 Å². The zero-order valence-electron chi connectivity index (χ0n) is 14.1. The Balaban J connectivity index is 1.70. The number of para-hydroxylation sites is 1. The van der Waals surface area contributed by atoms with Crippen LogP contribution in [0.25, 0.3) is 16.6 Å². The number of nitrogens with zero attached hydrogens (tertiary/aromatic N) is 4. The van der Waals surface area contributed by atoms with Gasteiger partial charge in [-0.05, 0) is 37.6 Å². The number of rotatable bonds is 4. The number of imidazole rings is 1. The Bertz CT molecular complexity index is 1130. The van der Waals surface area contributed by atoms with Gasteiger partial charge in [-0.25, -0.2) is 9.97 Å². The van der Waals surface area contributed by atoms with E-state index in [-0.39, 0.29) is 5.56 Å². The van der Waals surface area contributed by atoms with Crippen LogP contribution in [0.2, 0.25) is 0 Å². The number of hydrogen-bond acceptors (Lipinski definition) is 4. The molecule has 0 amide bonds. The highest BCUT2D eigenvalue weighted by atomic mass is 32.2. The van der Waals surface area contributed by atoms with E-state index >= 15 is 0 Å². The summed E-state index contributed by atoms with van der Waals surface area (Å²) in [5.74, 6) is 0.673. The summed E-state index contributed by atoms with van der Waals surface area (Å²) in [7, 11) is 0. The van der Waals surface area contributed by atoms with Crippen LogP contribution in [-0.2, 0) is 12.3 Å². The molecule has 3 heterocycles. The van der Waals surface area contributed by atoms with Gasteiger partial charge < -0.3 is 4.40 Å². The fourth-order valence-corrected chi connectivity index (χ4v) is 3.90. The molecule has 0 atom stereocenters. The Labute approximate surface area is 149 Å². The minimum atomic E-state index is 0.0152. The molecular formula is C19H18N4OS. The van der Waals surface area contributed by atoms with Gasteiger partial charge in [0.25, 0.3) is 5.56 Å². The lowest BCUT2D eigenvalue weighted by Crippen LogP contribution is -2.22. The van der Waals surface area contributed by atoms with Gasteiger partial charge in [0.05, 0.1) is 16.6 Å². The summed E-state index contributed by atoms with van der Waals surface area (Å²) < 4.78 is 3.76. The van der Waals surface area contributed by atoms with Crippen molar-refractivity contribution in [2.45, 2.75) is 31.3 Å². The molecule has 0 radical (unpaired) electrons. The molecule has 0 unspecified atom stereocenters. The van der Waals surface area contributed by atoms with Crippen molar-refractivity contribution in [2.75, 3.05) is 0 Å². The van der Waals surface area contributed by atoms with Crippen molar-refractivity contribution >= 4 is 28.3 Å². The lowest BCUT2D eigenvalue weighted by Gasteiger charge is -2.10. The van der Waals surface area contributed by atoms with E-state index in [0.29, 0.717) is 17.7 Å². The van der Waals surface area contributed by atoms with Crippen molar-refractivity contribution < 1.29 is 0 Å². The molecule has 0 fully saturated rings. The van der Waals surface area contributed by atoms with Gasteiger partial charge in [-0.15, -0.1) is 0 Å².